The van der Waals surface area contributed by atoms with E-state index in [2.05, 4.69) is 27.4 Å². The molecule has 3 heterocycles. The first-order valence-corrected chi connectivity index (χ1v) is 7.02. The van der Waals surface area contributed by atoms with Crippen molar-refractivity contribution in [2.45, 2.75) is 32.2 Å². The summed E-state index contributed by atoms with van der Waals surface area (Å²) in [5.74, 6) is 0.618. The molecule has 104 valence electrons. The quantitative estimate of drug-likeness (QED) is 0.809. The number of fused-ring (bicyclic) bond motifs is 3. The van der Waals surface area contributed by atoms with E-state index in [0.717, 1.165) is 19.6 Å². The molecule has 0 saturated carbocycles. The van der Waals surface area contributed by atoms with Crippen LogP contribution in [0.5, 0.6) is 0 Å². The Morgan fingerprint density at radius 2 is 2.11 bits per heavy atom. The van der Waals surface area contributed by atoms with Gasteiger partial charge in [0.2, 0.25) is 0 Å². The van der Waals surface area contributed by atoms with E-state index in [1.54, 1.807) is 0 Å². The van der Waals surface area contributed by atoms with Gasteiger partial charge in [-0.25, -0.2) is 0 Å². The van der Waals surface area contributed by atoms with Crippen molar-refractivity contribution in [2.24, 2.45) is 5.92 Å². The van der Waals surface area contributed by atoms with Gasteiger partial charge in [-0.1, -0.05) is 6.42 Å². The van der Waals surface area contributed by atoms with Gasteiger partial charge in [0.25, 0.3) is 5.91 Å². The van der Waals surface area contributed by atoms with E-state index in [4.69, 9.17) is 0 Å². The third-order valence-corrected chi connectivity index (χ3v) is 4.44. The van der Waals surface area contributed by atoms with Gasteiger partial charge in [-0.3, -0.25) is 4.79 Å². The van der Waals surface area contributed by atoms with Gasteiger partial charge in [-0.2, -0.15) is 15.4 Å². The van der Waals surface area contributed by atoms with Crippen LogP contribution in [-0.4, -0.2) is 63.8 Å². The van der Waals surface area contributed by atoms with Crippen molar-refractivity contribution in [1.29, 1.82) is 0 Å². The van der Waals surface area contributed by atoms with Crippen molar-refractivity contribution in [3.05, 3.63) is 11.4 Å². The summed E-state index contributed by atoms with van der Waals surface area (Å²) in [6.07, 6.45) is 3.70. The molecule has 0 aliphatic carbocycles. The predicted molar refractivity (Wildman–Crippen MR) is 70.8 cm³/mol. The Morgan fingerprint density at radius 3 is 2.84 bits per heavy atom. The average molecular weight is 263 g/mol. The van der Waals surface area contributed by atoms with Crippen LogP contribution < -0.4 is 0 Å². The summed E-state index contributed by atoms with van der Waals surface area (Å²) >= 11 is 0. The second-order valence-corrected chi connectivity index (χ2v) is 5.86. The molecule has 6 heteroatoms. The molecule has 0 radical (unpaired) electrons. The zero-order valence-electron chi connectivity index (χ0n) is 11.6. The van der Waals surface area contributed by atoms with Crippen LogP contribution in [-0.2, 0) is 0 Å². The third-order valence-electron chi connectivity index (χ3n) is 4.44. The molecule has 1 aromatic rings. The molecular formula is C13H21N5O. The van der Waals surface area contributed by atoms with Crippen molar-refractivity contribution < 1.29 is 4.79 Å². The third kappa shape index (κ3) is 2.36. The topological polar surface area (TPSA) is 65.1 Å². The van der Waals surface area contributed by atoms with Crippen LogP contribution in [0.15, 0.2) is 0 Å². The van der Waals surface area contributed by atoms with Crippen molar-refractivity contribution in [3.8, 4) is 0 Å². The molecule has 0 aromatic carbocycles. The Morgan fingerprint density at radius 1 is 1.26 bits per heavy atom. The van der Waals surface area contributed by atoms with Gasteiger partial charge in [0.1, 0.15) is 0 Å². The van der Waals surface area contributed by atoms with Crippen LogP contribution in [0.2, 0.25) is 0 Å². The number of likely N-dealkylation sites (N-methyl/N-ethyl adjacent to an activating group) is 1. The van der Waals surface area contributed by atoms with Crippen LogP contribution in [0.3, 0.4) is 0 Å². The second kappa shape index (κ2) is 4.92. The fourth-order valence-corrected chi connectivity index (χ4v) is 3.33. The molecule has 2 bridgehead atoms. The summed E-state index contributed by atoms with van der Waals surface area (Å²) in [4.78, 5) is 16.9. The molecule has 19 heavy (non-hydrogen) atoms. The van der Waals surface area contributed by atoms with E-state index in [1.165, 1.54) is 19.3 Å². The molecule has 2 aliphatic heterocycles. The van der Waals surface area contributed by atoms with Gasteiger partial charge >= 0.3 is 0 Å². The number of carbonyl (C=O) groups is 1. The highest BCUT2D eigenvalue weighted by Gasteiger charge is 2.34. The first-order chi connectivity index (χ1) is 9.15. The van der Waals surface area contributed by atoms with Gasteiger partial charge in [0.15, 0.2) is 5.69 Å². The number of hydrogen-bond acceptors (Lipinski definition) is 4. The lowest BCUT2D eigenvalue weighted by Crippen LogP contribution is -2.42. The average Bonchev–Trinajstić information content (AvgIpc) is 2.61. The minimum atomic E-state index is 0.0263. The number of nitrogens with zero attached hydrogens (tertiary/aromatic N) is 4. The molecule has 2 aliphatic rings. The molecule has 6 nitrogen and oxygen atoms in total. The number of carbonyl (C=O) groups excluding carboxylic acids is 1. The number of aryl methyl sites for hydroxylation is 1. The standard InChI is InChI=1S/C13H21N5O/c1-9-12(15-16-14-9)13(19)18-7-10-4-3-5-11(8-18)17(2)6-10/h10-11H,3-8H2,1-2H3,(H,14,15,16)/t10-,11-/m0/s1. The zero-order chi connectivity index (χ0) is 13.4. The summed E-state index contributed by atoms with van der Waals surface area (Å²) in [6.45, 7) is 4.60. The molecule has 0 unspecified atom stereocenters. The van der Waals surface area contributed by atoms with Gasteiger partial charge < -0.3 is 9.80 Å². The number of nitrogens with one attached hydrogen (secondary N) is 1. The fraction of sp³-hybridized carbons (Fsp3) is 0.769. The van der Waals surface area contributed by atoms with Crippen molar-refractivity contribution in [1.82, 2.24) is 25.2 Å². The van der Waals surface area contributed by atoms with Gasteiger partial charge in [0, 0.05) is 25.7 Å². The smallest absolute Gasteiger partial charge is 0.276 e. The molecule has 0 spiro atoms. The van der Waals surface area contributed by atoms with Gasteiger partial charge in [0.05, 0.1) is 5.69 Å². The van der Waals surface area contributed by atoms with Crippen LogP contribution >= 0.6 is 0 Å². The summed E-state index contributed by atoms with van der Waals surface area (Å²) in [5.41, 5.74) is 1.16. The van der Waals surface area contributed by atoms with E-state index in [9.17, 15) is 4.79 Å². The molecule has 3 rings (SSSR count). The summed E-state index contributed by atoms with van der Waals surface area (Å²) in [7, 11) is 2.18. The Bertz CT molecular complexity index is 471. The maximum atomic E-state index is 12.6. The van der Waals surface area contributed by atoms with E-state index in [0.29, 0.717) is 23.3 Å². The van der Waals surface area contributed by atoms with Gasteiger partial charge in [-0.05, 0) is 32.7 Å². The number of aromatic amines is 1. The molecule has 2 saturated heterocycles. The van der Waals surface area contributed by atoms with Crippen LogP contribution in [0.1, 0.15) is 35.4 Å². The lowest BCUT2D eigenvalue weighted by molar-refractivity contribution is 0.0703. The number of H-pyrrole nitrogens is 1. The Balaban J connectivity index is 1.82. The minimum absolute atomic E-state index is 0.0263. The first-order valence-electron chi connectivity index (χ1n) is 7.02. The van der Waals surface area contributed by atoms with Crippen LogP contribution in [0.25, 0.3) is 0 Å². The molecule has 2 fully saturated rings. The second-order valence-electron chi connectivity index (χ2n) is 5.86. The lowest BCUT2D eigenvalue weighted by Gasteiger charge is -2.29. The lowest BCUT2D eigenvalue weighted by atomic mass is 9.99. The zero-order valence-corrected chi connectivity index (χ0v) is 11.6. The molecule has 2 atom stereocenters. The van der Waals surface area contributed by atoms with Crippen molar-refractivity contribution >= 4 is 5.91 Å². The maximum Gasteiger partial charge on any atom is 0.276 e. The van der Waals surface area contributed by atoms with Gasteiger partial charge in [-0.15, -0.1) is 0 Å². The first kappa shape index (κ1) is 12.6. The summed E-state index contributed by atoms with van der Waals surface area (Å²) < 4.78 is 0. The summed E-state index contributed by atoms with van der Waals surface area (Å²) in [6, 6.07) is 0.489. The Labute approximate surface area is 113 Å². The monoisotopic (exact) mass is 263 g/mol. The predicted octanol–water partition coefficient (Wildman–Crippen LogP) is 0.669. The van der Waals surface area contributed by atoms with E-state index < -0.39 is 0 Å². The molecule has 1 aromatic heterocycles. The highest BCUT2D eigenvalue weighted by atomic mass is 16.2. The Hall–Kier alpha value is -1.43. The van der Waals surface area contributed by atoms with Crippen LogP contribution in [0.4, 0.5) is 0 Å². The Kier molecular flexibility index (Phi) is 3.26. The van der Waals surface area contributed by atoms with E-state index in [1.807, 2.05) is 11.8 Å². The number of likely N-dealkylation sites (tertiary alicyclic amines) is 1. The number of aromatic nitrogens is 3. The highest BCUT2D eigenvalue weighted by Crippen LogP contribution is 2.26. The molecular weight excluding hydrogens is 242 g/mol. The van der Waals surface area contributed by atoms with Crippen LogP contribution in [0, 0.1) is 12.8 Å². The summed E-state index contributed by atoms with van der Waals surface area (Å²) in [5, 5.41) is 10.5. The molecule has 1 amide bonds. The molecule has 1 N–H and O–H groups in total. The number of rotatable bonds is 1. The maximum absolute atomic E-state index is 12.6. The van der Waals surface area contributed by atoms with Crippen molar-refractivity contribution in [3.63, 3.8) is 0 Å². The largest absolute Gasteiger partial charge is 0.335 e. The number of amides is 1. The van der Waals surface area contributed by atoms with E-state index >= 15 is 0 Å². The fourth-order valence-electron chi connectivity index (χ4n) is 3.33. The highest BCUT2D eigenvalue weighted by molar-refractivity contribution is 5.93. The number of hydrogen-bond donors (Lipinski definition) is 1. The van der Waals surface area contributed by atoms with E-state index in [-0.39, 0.29) is 5.91 Å². The van der Waals surface area contributed by atoms with Crippen molar-refractivity contribution in [2.75, 3.05) is 26.7 Å². The normalized spacial score (nSPS) is 28.2. The SMILES string of the molecule is Cc1n[nH]nc1C(=O)N1C[C@H]2CCC[C@@H](C1)N(C)C2. The minimum Gasteiger partial charge on any atom is -0.335 e.